The monoisotopic (exact) mass is 1120 g/mol. The molecule has 4 saturated heterocycles. The van der Waals surface area contributed by atoms with Crippen molar-refractivity contribution in [3.8, 4) is 17.6 Å². The Morgan fingerprint density at radius 3 is 2.15 bits per heavy atom. The van der Waals surface area contributed by atoms with Gasteiger partial charge >= 0.3 is 0 Å². The van der Waals surface area contributed by atoms with Gasteiger partial charge < -0.3 is 35.1 Å². The van der Waals surface area contributed by atoms with E-state index in [9.17, 15) is 19.6 Å². The topological polar surface area (TPSA) is 209 Å². The number of allylic oxidation sites excluding steroid dienone is 1. The van der Waals surface area contributed by atoms with Crippen molar-refractivity contribution in [2.75, 3.05) is 70.6 Å². The number of benzene rings is 2. The number of aromatic nitrogens is 4. The fourth-order valence-corrected chi connectivity index (χ4v) is 10.8. The number of halogens is 2. The van der Waals surface area contributed by atoms with Gasteiger partial charge in [-0.25, -0.2) is 4.98 Å². The van der Waals surface area contributed by atoms with Crippen LogP contribution in [0.15, 0.2) is 67.3 Å². The van der Waals surface area contributed by atoms with Crippen LogP contribution in [0.1, 0.15) is 159 Å². The van der Waals surface area contributed by atoms with Crippen LogP contribution in [0.25, 0.3) is 10.9 Å². The molecule has 3 aromatic heterocycles. The number of pyridine rings is 2. The van der Waals surface area contributed by atoms with Crippen LogP contribution >= 0.6 is 23.2 Å². The average molecular weight is 1120 g/mol. The molecule has 1 amide bonds. The smallest absolute Gasteiger partial charge is 0.233 e. The number of amides is 1. The van der Waals surface area contributed by atoms with E-state index in [2.05, 4.69) is 81.7 Å². The largest absolute Gasteiger partial charge is 0.493 e. The average Bonchev–Trinajstić information content (AvgIpc) is 3.79. The number of hydrogen-bond donors (Lipinski definition) is 3. The normalized spacial score (nSPS) is 17.5. The first-order valence-corrected chi connectivity index (χ1v) is 28.5. The molecule has 428 valence electrons. The summed E-state index contributed by atoms with van der Waals surface area (Å²) in [6, 6.07) is 13.6. The maximum Gasteiger partial charge on any atom is 0.233 e. The molecule has 0 radical (unpaired) electrons. The molecule has 0 spiro atoms. The highest BCUT2D eigenvalue weighted by Gasteiger charge is 2.36. The van der Waals surface area contributed by atoms with Crippen LogP contribution in [-0.4, -0.2) is 113 Å². The highest BCUT2D eigenvalue weighted by atomic mass is 35.5. The van der Waals surface area contributed by atoms with Crippen LogP contribution in [0, 0.1) is 28.1 Å². The molecule has 79 heavy (non-hydrogen) atoms. The van der Waals surface area contributed by atoms with Crippen molar-refractivity contribution in [2.45, 2.75) is 126 Å². The molecule has 4 fully saturated rings. The maximum atomic E-state index is 12.4. The number of nitrogens with two attached hydrogens (primary N) is 1. The van der Waals surface area contributed by atoms with Crippen molar-refractivity contribution in [2.24, 2.45) is 18.4 Å². The molecule has 18 heteroatoms. The second-order valence-electron chi connectivity index (χ2n) is 20.4. The number of Topliss-reactive ketones (excluding diaryl/α,β-unsaturated/α-hetero) is 1. The van der Waals surface area contributed by atoms with E-state index in [1.807, 2.05) is 53.3 Å². The first-order valence-electron chi connectivity index (χ1n) is 27.8. The number of ketones is 1. The van der Waals surface area contributed by atoms with Crippen molar-refractivity contribution in [1.29, 1.82) is 10.7 Å². The molecule has 0 aliphatic carbocycles. The van der Waals surface area contributed by atoms with E-state index in [1.165, 1.54) is 25.1 Å². The minimum absolute atomic E-state index is 0.00197. The molecule has 4 N–H and O–H groups in total. The minimum atomic E-state index is -0.542. The summed E-state index contributed by atoms with van der Waals surface area (Å²) in [5, 5.41) is 27.9. The third-order valence-electron chi connectivity index (χ3n) is 14.3. The number of anilines is 2. The van der Waals surface area contributed by atoms with E-state index in [4.69, 9.17) is 48.9 Å². The summed E-state index contributed by atoms with van der Waals surface area (Å²) in [4.78, 5) is 49.0. The molecule has 4 aliphatic heterocycles. The number of carbonyl (C=O) groups is 3. The zero-order valence-corrected chi connectivity index (χ0v) is 50.4. The van der Waals surface area contributed by atoms with Crippen LogP contribution in [0.5, 0.6) is 11.5 Å². The molecule has 2 atom stereocenters. The van der Waals surface area contributed by atoms with Crippen LogP contribution in [0.3, 0.4) is 0 Å². The molecule has 9 rings (SSSR count). The standard InChI is InChI=1S/C26H26Cl2N6O2.C21H26N4O2.C8H15NO.3C2H6/c1-14(23-18(27)10-32-11-19(23)28)36-22-6-17(20(30)7-21(22)35-4)24(31)16-5-15(8-29)25(33-9-16)34-12-26(2,3)13-34;1-14-3-5-18(21(27)22-14)20-17-6-4-16(13-19(17)24(2)23-20)15-7-9-25(10-8-15)11-12-26;1-7(10)8-3-5-9(2)6-4-8;3*1-2/h5-7,9-11,14,31H,12-13,30H2,1-4H3;4,6,12-13,15,18H,1,3,5,7-11H2,2H3,(H,22,27);8H,3-6H2,1-2H3;3*1-2H3/t14-;;;;;/m1...../s1. The lowest BCUT2D eigenvalue weighted by molar-refractivity contribution is -0.123. The van der Waals surface area contributed by atoms with E-state index >= 15 is 0 Å². The Hall–Kier alpha value is -6.38. The Morgan fingerprint density at radius 1 is 0.962 bits per heavy atom. The van der Waals surface area contributed by atoms with Crippen LogP contribution < -0.4 is 25.4 Å². The summed E-state index contributed by atoms with van der Waals surface area (Å²) in [7, 11) is 5.56. The maximum absolute atomic E-state index is 12.4. The predicted molar refractivity (Wildman–Crippen MR) is 321 cm³/mol. The van der Waals surface area contributed by atoms with Crippen LogP contribution in [0.4, 0.5) is 11.5 Å². The van der Waals surface area contributed by atoms with Gasteiger partial charge in [0.05, 0.1) is 52.1 Å². The molecular weight excluding hydrogens is 1040 g/mol. The number of aldehydes is 1. The number of nitrogen functional groups attached to an aromatic ring is 1. The van der Waals surface area contributed by atoms with E-state index in [1.54, 1.807) is 38.2 Å². The first kappa shape index (κ1) is 65.1. The number of hydrogen-bond acceptors (Lipinski definition) is 14. The Bertz CT molecular complexity index is 2890. The number of fused-ring (bicyclic) bond motifs is 1. The van der Waals surface area contributed by atoms with Gasteiger partial charge in [0.15, 0.2) is 11.5 Å². The number of nitrogens with one attached hydrogen (secondary N) is 2. The number of nitriles is 1. The van der Waals surface area contributed by atoms with Crippen molar-refractivity contribution in [3.63, 3.8) is 0 Å². The lowest BCUT2D eigenvalue weighted by Gasteiger charge is -2.46. The molecule has 0 saturated carbocycles. The summed E-state index contributed by atoms with van der Waals surface area (Å²) in [5.74, 6) is 2.40. The fourth-order valence-electron chi connectivity index (χ4n) is 10.1. The quantitative estimate of drug-likeness (QED) is 0.0604. The summed E-state index contributed by atoms with van der Waals surface area (Å²) in [6.45, 7) is 30.0. The van der Waals surface area contributed by atoms with Gasteiger partial charge in [-0.15, -0.1) is 0 Å². The highest BCUT2D eigenvalue weighted by molar-refractivity contribution is 6.35. The van der Waals surface area contributed by atoms with Crippen LogP contribution in [-0.2, 0) is 21.4 Å². The Morgan fingerprint density at radius 2 is 1.59 bits per heavy atom. The predicted octanol–water partition coefficient (Wildman–Crippen LogP) is 12.1. The first-order chi connectivity index (χ1) is 37.8. The second kappa shape index (κ2) is 30.8. The number of nitrogens with zero attached hydrogens (tertiary/aromatic N) is 8. The Kier molecular flexibility index (Phi) is 25.4. The van der Waals surface area contributed by atoms with Gasteiger partial charge in [-0.2, -0.15) is 10.4 Å². The van der Waals surface area contributed by atoms with Crippen molar-refractivity contribution in [1.82, 2.24) is 34.9 Å². The van der Waals surface area contributed by atoms with E-state index in [-0.39, 0.29) is 23.0 Å². The summed E-state index contributed by atoms with van der Waals surface area (Å²) in [6.07, 6.45) is 10.8. The number of piperidine rings is 3. The lowest BCUT2D eigenvalue weighted by Crippen LogP contribution is -2.53. The van der Waals surface area contributed by atoms with Crippen molar-refractivity contribution >= 4 is 69.3 Å². The van der Waals surface area contributed by atoms with Gasteiger partial charge in [-0.3, -0.25) is 29.6 Å². The zero-order chi connectivity index (χ0) is 58.7. The summed E-state index contributed by atoms with van der Waals surface area (Å²) >= 11 is 12.6. The molecule has 5 aromatic rings. The summed E-state index contributed by atoms with van der Waals surface area (Å²) in [5.41, 5.74) is 12.8. The number of aryl methyl sites for hydroxylation is 1. The molecule has 0 bridgehead atoms. The molecule has 2 aromatic carbocycles. The van der Waals surface area contributed by atoms with Gasteiger partial charge in [0.1, 0.15) is 30.1 Å². The number of carbonyl (C=O) groups excluding carboxylic acids is 3. The van der Waals surface area contributed by atoms with E-state index < -0.39 is 6.10 Å². The molecule has 1 unspecified atom stereocenters. The third kappa shape index (κ3) is 16.8. The zero-order valence-electron chi connectivity index (χ0n) is 48.9. The molecule has 4 aliphatic rings. The van der Waals surface area contributed by atoms with Crippen molar-refractivity contribution < 1.29 is 23.9 Å². The van der Waals surface area contributed by atoms with Gasteiger partial charge in [0.2, 0.25) is 5.91 Å². The summed E-state index contributed by atoms with van der Waals surface area (Å²) < 4.78 is 13.5. The van der Waals surface area contributed by atoms with Gasteiger partial charge in [0, 0.05) is 84.2 Å². The van der Waals surface area contributed by atoms with E-state index in [0.717, 1.165) is 106 Å². The van der Waals surface area contributed by atoms with Crippen molar-refractivity contribution in [3.05, 3.63) is 111 Å². The molecular formula is C61H85Cl2N11O5. The van der Waals surface area contributed by atoms with Gasteiger partial charge in [-0.05, 0) is 121 Å². The van der Waals surface area contributed by atoms with Gasteiger partial charge in [0.25, 0.3) is 0 Å². The second-order valence-corrected chi connectivity index (χ2v) is 21.2. The third-order valence-corrected chi connectivity index (χ3v) is 14.9. The minimum Gasteiger partial charge on any atom is -0.493 e. The SMILES string of the molecule is C=C1CCC(c2nn(C)c3cc(C4CCN(CC=O)CC4)ccc23)C(=O)N1.CC.CC.CC.CC(=O)C1CCN(C)CC1.COc1cc(N)c(C(=N)c2cnc(N3CC(C)(C)C3)c(C#N)c2)cc1O[C@H](C)c1c(Cl)cncc1Cl. The number of likely N-dealkylation sites (tertiary alicyclic amines) is 2. The van der Waals surface area contributed by atoms with Gasteiger partial charge in [-0.1, -0.05) is 97.3 Å². The number of rotatable bonds is 12. The lowest BCUT2D eigenvalue weighted by atomic mass is 9.84. The Labute approximate surface area is 479 Å². The van der Waals surface area contributed by atoms with E-state index in [0.29, 0.717) is 79.5 Å². The Balaban J connectivity index is 0.000000274. The molecule has 16 nitrogen and oxygen atoms in total. The molecule has 7 heterocycles. The highest BCUT2D eigenvalue weighted by Crippen LogP contribution is 2.40. The number of methoxy groups -OCH3 is 1. The number of ether oxygens (including phenoxy) is 2. The van der Waals surface area contributed by atoms with Crippen LogP contribution in [0.2, 0.25) is 10.0 Å². The fraction of sp³-hybridized carbons (Fsp3) is 0.508.